The maximum atomic E-state index is 5.89. The lowest BCUT2D eigenvalue weighted by atomic mass is 10.2. The summed E-state index contributed by atoms with van der Waals surface area (Å²) >= 11 is 15.1. The van der Waals surface area contributed by atoms with E-state index in [0.717, 1.165) is 15.4 Å². The molecule has 1 aromatic heterocycles. The second-order valence-corrected chi connectivity index (χ2v) is 4.22. The highest BCUT2D eigenvalue weighted by Crippen LogP contribution is 2.30. The Morgan fingerprint density at radius 1 is 1.23 bits per heavy atom. The molecule has 0 unspecified atom stereocenters. The molecule has 0 radical (unpaired) electrons. The van der Waals surface area contributed by atoms with Gasteiger partial charge in [-0.1, -0.05) is 23.2 Å². The summed E-state index contributed by atoms with van der Waals surface area (Å²) in [6.45, 7) is 0. The Kier molecular flexibility index (Phi) is 2.45. The molecule has 0 saturated heterocycles. The highest BCUT2D eigenvalue weighted by Gasteiger charge is 2.04. The summed E-state index contributed by atoms with van der Waals surface area (Å²) < 4.78 is 0.835. The van der Waals surface area contributed by atoms with Crippen molar-refractivity contribution in [1.82, 2.24) is 4.98 Å². The van der Waals surface area contributed by atoms with Crippen molar-refractivity contribution in [2.75, 3.05) is 0 Å². The van der Waals surface area contributed by atoms with Gasteiger partial charge in [0.25, 0.3) is 0 Å². The van der Waals surface area contributed by atoms with Crippen LogP contribution < -0.4 is 0 Å². The van der Waals surface area contributed by atoms with Gasteiger partial charge in [0.05, 0.1) is 10.5 Å². The molecule has 0 amide bonds. The molecule has 0 N–H and O–H groups in total. The Hall–Kier alpha value is -0.310. The van der Waals surface area contributed by atoms with Crippen molar-refractivity contribution in [2.45, 2.75) is 0 Å². The number of rotatable bonds is 0. The molecule has 66 valence electrons. The molecule has 2 rings (SSSR count). The van der Waals surface area contributed by atoms with Crippen LogP contribution >= 0.6 is 39.1 Å². The monoisotopic (exact) mass is 275 g/mol. The second kappa shape index (κ2) is 3.45. The van der Waals surface area contributed by atoms with Gasteiger partial charge < -0.3 is 0 Å². The largest absolute Gasteiger partial charge is 0.255 e. The minimum atomic E-state index is 0.592. The van der Waals surface area contributed by atoms with Crippen LogP contribution in [-0.2, 0) is 0 Å². The minimum absolute atomic E-state index is 0.592. The Morgan fingerprint density at radius 2 is 2.00 bits per heavy atom. The van der Waals surface area contributed by atoms with E-state index in [1.165, 1.54) is 0 Å². The average molecular weight is 277 g/mol. The van der Waals surface area contributed by atoms with Crippen molar-refractivity contribution in [2.24, 2.45) is 0 Å². The molecule has 0 saturated carbocycles. The van der Waals surface area contributed by atoms with Crippen LogP contribution in [0.4, 0.5) is 0 Å². The maximum Gasteiger partial charge on any atom is 0.0737 e. The zero-order chi connectivity index (χ0) is 9.42. The molecule has 0 aliphatic rings. The molecule has 0 atom stereocenters. The lowest BCUT2D eigenvalue weighted by molar-refractivity contribution is 1.40. The molecule has 4 heteroatoms. The van der Waals surface area contributed by atoms with Gasteiger partial charge in [0.15, 0.2) is 0 Å². The number of benzene rings is 1. The second-order valence-electron chi connectivity index (χ2n) is 2.58. The zero-order valence-corrected chi connectivity index (χ0v) is 9.49. The first-order chi connectivity index (χ1) is 6.18. The first-order valence-electron chi connectivity index (χ1n) is 3.58. The molecule has 0 aliphatic heterocycles. The van der Waals surface area contributed by atoms with E-state index in [1.807, 2.05) is 12.1 Å². The van der Waals surface area contributed by atoms with Crippen LogP contribution in [0.1, 0.15) is 0 Å². The third kappa shape index (κ3) is 1.66. The summed E-state index contributed by atoms with van der Waals surface area (Å²) in [5.41, 5.74) is 0.876. The standard InChI is InChI=1S/C9H4BrCl2N/c10-9-6-3-5(11)1-2-8(6)13-4-7(9)12/h1-4H. The molecule has 1 aromatic carbocycles. The highest BCUT2D eigenvalue weighted by molar-refractivity contribution is 9.10. The van der Waals surface area contributed by atoms with Gasteiger partial charge in [-0.15, -0.1) is 0 Å². The van der Waals surface area contributed by atoms with Gasteiger partial charge in [-0.3, -0.25) is 4.98 Å². The fourth-order valence-electron chi connectivity index (χ4n) is 1.11. The smallest absolute Gasteiger partial charge is 0.0737 e. The van der Waals surface area contributed by atoms with Gasteiger partial charge in [0.2, 0.25) is 0 Å². The van der Waals surface area contributed by atoms with Gasteiger partial charge in [0.1, 0.15) is 0 Å². The third-order valence-corrected chi connectivity index (χ3v) is 3.33. The molecule has 0 bridgehead atoms. The number of hydrogen-bond donors (Lipinski definition) is 0. The summed E-state index contributed by atoms with van der Waals surface area (Å²) in [4.78, 5) is 4.16. The van der Waals surface area contributed by atoms with Gasteiger partial charge >= 0.3 is 0 Å². The molecule has 13 heavy (non-hydrogen) atoms. The Bertz CT molecular complexity index is 465. The Balaban J connectivity index is 2.89. The van der Waals surface area contributed by atoms with Crippen molar-refractivity contribution in [1.29, 1.82) is 0 Å². The van der Waals surface area contributed by atoms with Gasteiger partial charge in [-0.05, 0) is 34.1 Å². The van der Waals surface area contributed by atoms with E-state index in [4.69, 9.17) is 23.2 Å². The quantitative estimate of drug-likeness (QED) is 0.699. The summed E-state index contributed by atoms with van der Waals surface area (Å²) in [5, 5.41) is 2.20. The van der Waals surface area contributed by atoms with Crippen LogP contribution in [0.25, 0.3) is 10.9 Å². The summed E-state index contributed by atoms with van der Waals surface area (Å²) in [7, 11) is 0. The minimum Gasteiger partial charge on any atom is -0.255 e. The van der Waals surface area contributed by atoms with Crippen LogP contribution in [0.15, 0.2) is 28.9 Å². The van der Waals surface area contributed by atoms with Crippen molar-refractivity contribution in [3.8, 4) is 0 Å². The molecule has 2 aromatic rings. The lowest BCUT2D eigenvalue weighted by Gasteiger charge is -2.01. The third-order valence-electron chi connectivity index (χ3n) is 1.72. The van der Waals surface area contributed by atoms with Crippen molar-refractivity contribution < 1.29 is 0 Å². The van der Waals surface area contributed by atoms with E-state index < -0.39 is 0 Å². The van der Waals surface area contributed by atoms with Gasteiger partial charge in [-0.25, -0.2) is 0 Å². The molecule has 1 nitrogen and oxygen atoms in total. The number of hydrogen-bond acceptors (Lipinski definition) is 1. The number of pyridine rings is 1. The van der Waals surface area contributed by atoms with E-state index in [2.05, 4.69) is 20.9 Å². The number of fused-ring (bicyclic) bond motifs is 1. The topological polar surface area (TPSA) is 12.9 Å². The molecule has 1 heterocycles. The van der Waals surface area contributed by atoms with Crippen LogP contribution in [-0.4, -0.2) is 4.98 Å². The maximum absolute atomic E-state index is 5.89. The molecule has 0 aliphatic carbocycles. The summed E-state index contributed by atoms with van der Waals surface area (Å²) in [6, 6.07) is 5.50. The van der Waals surface area contributed by atoms with E-state index >= 15 is 0 Å². The van der Waals surface area contributed by atoms with Crippen LogP contribution in [0.5, 0.6) is 0 Å². The predicted octanol–water partition coefficient (Wildman–Crippen LogP) is 4.30. The summed E-state index contributed by atoms with van der Waals surface area (Å²) in [6.07, 6.45) is 1.61. The van der Waals surface area contributed by atoms with E-state index in [9.17, 15) is 0 Å². The number of halogens is 3. The molecular formula is C9H4BrCl2N. The van der Waals surface area contributed by atoms with Gasteiger partial charge in [-0.2, -0.15) is 0 Å². The predicted molar refractivity (Wildman–Crippen MR) is 59.5 cm³/mol. The lowest BCUT2D eigenvalue weighted by Crippen LogP contribution is -1.80. The highest BCUT2D eigenvalue weighted by atomic mass is 79.9. The van der Waals surface area contributed by atoms with Crippen molar-refractivity contribution in [3.63, 3.8) is 0 Å². The van der Waals surface area contributed by atoms with E-state index in [-0.39, 0.29) is 0 Å². The van der Waals surface area contributed by atoms with Crippen LogP contribution in [0.2, 0.25) is 10.0 Å². The van der Waals surface area contributed by atoms with Crippen molar-refractivity contribution in [3.05, 3.63) is 38.9 Å². The van der Waals surface area contributed by atoms with E-state index in [0.29, 0.717) is 10.0 Å². The number of aromatic nitrogens is 1. The fourth-order valence-corrected chi connectivity index (χ4v) is 1.85. The van der Waals surface area contributed by atoms with Gasteiger partial charge in [0, 0.05) is 21.1 Å². The van der Waals surface area contributed by atoms with Crippen LogP contribution in [0.3, 0.4) is 0 Å². The normalized spacial score (nSPS) is 10.7. The first-order valence-corrected chi connectivity index (χ1v) is 5.12. The first kappa shape index (κ1) is 9.25. The summed E-state index contributed by atoms with van der Waals surface area (Å²) in [5.74, 6) is 0. The molecular weight excluding hydrogens is 273 g/mol. The van der Waals surface area contributed by atoms with E-state index in [1.54, 1.807) is 12.3 Å². The molecule has 0 spiro atoms. The average Bonchev–Trinajstić information content (AvgIpc) is 2.12. The van der Waals surface area contributed by atoms with Crippen molar-refractivity contribution >= 4 is 50.0 Å². The zero-order valence-electron chi connectivity index (χ0n) is 6.39. The Labute approximate surface area is 93.8 Å². The Morgan fingerprint density at radius 3 is 2.77 bits per heavy atom. The molecule has 0 fully saturated rings. The van der Waals surface area contributed by atoms with Crippen LogP contribution in [0, 0.1) is 0 Å². The SMILES string of the molecule is Clc1ccc2ncc(Cl)c(Br)c2c1. The number of nitrogens with zero attached hydrogens (tertiary/aromatic N) is 1. The fraction of sp³-hybridized carbons (Fsp3) is 0.